The molecule has 94 valence electrons. The van der Waals surface area contributed by atoms with Crippen molar-refractivity contribution in [1.29, 1.82) is 0 Å². The van der Waals surface area contributed by atoms with Gasteiger partial charge in [-0.15, -0.1) is 0 Å². The molecule has 2 N–H and O–H groups in total. The Morgan fingerprint density at radius 3 is 2.94 bits per heavy atom. The normalized spacial score (nSPS) is 10.3. The van der Waals surface area contributed by atoms with Gasteiger partial charge in [0.05, 0.1) is 17.4 Å². The van der Waals surface area contributed by atoms with E-state index in [-0.39, 0.29) is 5.56 Å². The summed E-state index contributed by atoms with van der Waals surface area (Å²) in [4.78, 5) is 11.2. The fourth-order valence-electron chi connectivity index (χ4n) is 1.63. The van der Waals surface area contributed by atoms with E-state index in [1.54, 1.807) is 35.1 Å². The van der Waals surface area contributed by atoms with Crippen molar-refractivity contribution in [2.24, 2.45) is 0 Å². The molecule has 0 radical (unpaired) electrons. The summed E-state index contributed by atoms with van der Waals surface area (Å²) >= 11 is 3.26. The molecule has 0 amide bonds. The lowest BCUT2D eigenvalue weighted by Crippen LogP contribution is -2.06. The zero-order valence-corrected chi connectivity index (χ0v) is 11.3. The number of aromatic nitrogens is 2. The molecular weight excluding hydrogens is 298 g/mol. The minimum Gasteiger partial charge on any atom is -0.478 e. The molecule has 18 heavy (non-hydrogen) atoms. The number of nitrogens with zero attached hydrogens (tertiary/aromatic N) is 2. The number of nitrogens with one attached hydrogen (secondary N) is 1. The summed E-state index contributed by atoms with van der Waals surface area (Å²) in [5, 5.41) is 16.4. The molecule has 1 aromatic carbocycles. The molecule has 0 aliphatic rings. The smallest absolute Gasteiger partial charge is 0.337 e. The van der Waals surface area contributed by atoms with E-state index in [2.05, 4.69) is 26.3 Å². The Labute approximate surface area is 113 Å². The topological polar surface area (TPSA) is 67.2 Å². The van der Waals surface area contributed by atoms with Gasteiger partial charge >= 0.3 is 5.97 Å². The predicted molar refractivity (Wildman–Crippen MR) is 72.3 cm³/mol. The van der Waals surface area contributed by atoms with E-state index in [4.69, 9.17) is 5.11 Å². The molecule has 0 aliphatic heterocycles. The number of benzene rings is 1. The van der Waals surface area contributed by atoms with E-state index in [1.165, 1.54) is 0 Å². The van der Waals surface area contributed by atoms with Crippen molar-refractivity contribution in [3.8, 4) is 0 Å². The molecule has 0 aliphatic carbocycles. The lowest BCUT2D eigenvalue weighted by molar-refractivity contribution is 0.0698. The maximum atomic E-state index is 11.2. The van der Waals surface area contributed by atoms with Crippen molar-refractivity contribution in [2.75, 3.05) is 5.32 Å². The summed E-state index contributed by atoms with van der Waals surface area (Å²) in [6.07, 6.45) is 1.67. The van der Waals surface area contributed by atoms with Gasteiger partial charge in [-0.2, -0.15) is 5.10 Å². The average Bonchev–Trinajstić information content (AvgIpc) is 2.78. The molecule has 1 aromatic heterocycles. The number of carboxylic acid groups (broad SMARTS) is 1. The van der Waals surface area contributed by atoms with Crippen LogP contribution in [0.3, 0.4) is 0 Å². The lowest BCUT2D eigenvalue weighted by Gasteiger charge is -2.11. The lowest BCUT2D eigenvalue weighted by atomic mass is 10.2. The number of carboxylic acids is 1. The number of carbonyl (C=O) groups is 1. The van der Waals surface area contributed by atoms with Crippen molar-refractivity contribution < 1.29 is 9.90 Å². The van der Waals surface area contributed by atoms with Crippen LogP contribution in [-0.4, -0.2) is 20.9 Å². The second-order valence-electron chi connectivity index (χ2n) is 3.65. The van der Waals surface area contributed by atoms with Crippen LogP contribution in [0.15, 0.2) is 34.9 Å². The molecular formula is C12H12BrN3O2. The molecule has 0 saturated heterocycles. The van der Waals surface area contributed by atoms with Gasteiger partial charge in [-0.25, -0.2) is 9.48 Å². The average molecular weight is 310 g/mol. The Bertz CT molecular complexity index is 580. The Kier molecular flexibility index (Phi) is 3.66. The Morgan fingerprint density at radius 1 is 1.50 bits per heavy atom. The third kappa shape index (κ3) is 2.53. The number of aryl methyl sites for hydroxylation is 1. The maximum Gasteiger partial charge on any atom is 0.337 e. The van der Waals surface area contributed by atoms with E-state index < -0.39 is 5.97 Å². The van der Waals surface area contributed by atoms with Crippen LogP contribution >= 0.6 is 15.9 Å². The molecule has 2 rings (SSSR count). The maximum absolute atomic E-state index is 11.2. The molecule has 0 spiro atoms. The highest BCUT2D eigenvalue weighted by Gasteiger charge is 2.12. The first kappa shape index (κ1) is 12.6. The van der Waals surface area contributed by atoms with Gasteiger partial charge in [-0.05, 0) is 25.1 Å². The van der Waals surface area contributed by atoms with Crippen molar-refractivity contribution in [3.63, 3.8) is 0 Å². The molecule has 5 nitrogen and oxygen atoms in total. The van der Waals surface area contributed by atoms with Gasteiger partial charge in [0.1, 0.15) is 5.82 Å². The minimum absolute atomic E-state index is 0.216. The van der Waals surface area contributed by atoms with Crippen LogP contribution in [0.1, 0.15) is 17.3 Å². The van der Waals surface area contributed by atoms with Gasteiger partial charge in [0, 0.05) is 17.1 Å². The molecule has 0 fully saturated rings. The fraction of sp³-hybridized carbons (Fsp3) is 0.167. The highest BCUT2D eigenvalue weighted by Crippen LogP contribution is 2.24. The first-order chi connectivity index (χ1) is 8.61. The predicted octanol–water partition coefficient (Wildman–Crippen LogP) is 3.11. The van der Waals surface area contributed by atoms with Crippen molar-refractivity contribution in [3.05, 3.63) is 40.5 Å². The zero-order valence-electron chi connectivity index (χ0n) is 9.72. The van der Waals surface area contributed by atoms with Crippen molar-refractivity contribution >= 4 is 33.4 Å². The van der Waals surface area contributed by atoms with Crippen LogP contribution in [0.4, 0.5) is 11.5 Å². The van der Waals surface area contributed by atoms with Crippen LogP contribution in [0, 0.1) is 0 Å². The molecule has 0 bridgehead atoms. The number of anilines is 2. The quantitative estimate of drug-likeness (QED) is 0.910. The first-order valence-corrected chi connectivity index (χ1v) is 6.22. The third-order valence-electron chi connectivity index (χ3n) is 2.49. The standard InChI is InChI=1S/C12H12BrN3O2/c1-2-16-11(5-6-14-16)15-10-4-3-8(13)7-9(10)12(17)18/h3-7,15H,2H2,1H3,(H,17,18). The summed E-state index contributed by atoms with van der Waals surface area (Å²) in [6, 6.07) is 6.89. The third-order valence-corrected chi connectivity index (χ3v) is 2.98. The van der Waals surface area contributed by atoms with E-state index in [0.29, 0.717) is 12.2 Å². The number of hydrogen-bond acceptors (Lipinski definition) is 3. The SMILES string of the molecule is CCn1nccc1Nc1ccc(Br)cc1C(=O)O. The number of aromatic carboxylic acids is 1. The van der Waals surface area contributed by atoms with Gasteiger partial charge in [0.15, 0.2) is 0 Å². The Morgan fingerprint density at radius 2 is 2.28 bits per heavy atom. The summed E-state index contributed by atoms with van der Waals surface area (Å²) < 4.78 is 2.49. The van der Waals surface area contributed by atoms with Crippen LogP contribution < -0.4 is 5.32 Å². The zero-order chi connectivity index (χ0) is 13.1. The number of hydrogen-bond donors (Lipinski definition) is 2. The second kappa shape index (κ2) is 5.22. The van der Waals surface area contributed by atoms with Crippen molar-refractivity contribution in [1.82, 2.24) is 9.78 Å². The van der Waals surface area contributed by atoms with E-state index in [9.17, 15) is 4.79 Å². The summed E-state index contributed by atoms with van der Waals surface area (Å²) in [5.74, 6) is -0.205. The monoisotopic (exact) mass is 309 g/mol. The van der Waals surface area contributed by atoms with Gasteiger partial charge in [0.25, 0.3) is 0 Å². The van der Waals surface area contributed by atoms with Crippen molar-refractivity contribution in [2.45, 2.75) is 13.5 Å². The van der Waals surface area contributed by atoms with Crippen LogP contribution in [-0.2, 0) is 6.54 Å². The van der Waals surface area contributed by atoms with E-state index in [0.717, 1.165) is 10.3 Å². The highest BCUT2D eigenvalue weighted by atomic mass is 79.9. The van der Waals surface area contributed by atoms with Gasteiger partial charge in [-0.1, -0.05) is 15.9 Å². The van der Waals surface area contributed by atoms with Crippen LogP contribution in [0.5, 0.6) is 0 Å². The molecule has 1 heterocycles. The van der Waals surface area contributed by atoms with Gasteiger partial charge in [0.2, 0.25) is 0 Å². The summed E-state index contributed by atoms with van der Waals surface area (Å²) in [5.41, 5.74) is 0.758. The highest BCUT2D eigenvalue weighted by molar-refractivity contribution is 9.10. The molecule has 6 heteroatoms. The van der Waals surface area contributed by atoms with E-state index in [1.807, 2.05) is 6.92 Å². The Balaban J connectivity index is 2.37. The Hall–Kier alpha value is -1.82. The number of rotatable bonds is 4. The van der Waals surface area contributed by atoms with Crippen LogP contribution in [0.25, 0.3) is 0 Å². The van der Waals surface area contributed by atoms with E-state index >= 15 is 0 Å². The minimum atomic E-state index is -0.971. The first-order valence-electron chi connectivity index (χ1n) is 5.43. The van der Waals surface area contributed by atoms with Gasteiger partial charge in [-0.3, -0.25) is 0 Å². The molecule has 0 saturated carbocycles. The van der Waals surface area contributed by atoms with Gasteiger partial charge < -0.3 is 10.4 Å². The van der Waals surface area contributed by atoms with Crippen LogP contribution in [0.2, 0.25) is 0 Å². The molecule has 2 aromatic rings. The summed E-state index contributed by atoms with van der Waals surface area (Å²) in [6.45, 7) is 2.69. The molecule has 0 unspecified atom stereocenters. The second-order valence-corrected chi connectivity index (χ2v) is 4.57. The summed E-state index contributed by atoms with van der Waals surface area (Å²) in [7, 11) is 0. The fourth-order valence-corrected chi connectivity index (χ4v) is 1.99. The molecule has 0 atom stereocenters. The number of halogens is 1. The largest absolute Gasteiger partial charge is 0.478 e.